The van der Waals surface area contributed by atoms with Crippen LogP contribution < -0.4 is 4.74 Å². The summed E-state index contributed by atoms with van der Waals surface area (Å²) in [4.78, 5) is 24.3. The van der Waals surface area contributed by atoms with E-state index in [4.69, 9.17) is 4.74 Å². The van der Waals surface area contributed by atoms with Crippen LogP contribution in [0, 0.1) is 0 Å². The molecule has 2 heterocycles. The second kappa shape index (κ2) is 5.24. The summed E-state index contributed by atoms with van der Waals surface area (Å²) in [5.74, 6) is -1.43. The number of phenols is 2. The molecule has 0 atom stereocenters. The number of fused-ring (bicyclic) bond motifs is 2. The van der Waals surface area contributed by atoms with Gasteiger partial charge in [0.15, 0.2) is 17.3 Å². The van der Waals surface area contributed by atoms with Gasteiger partial charge in [0.05, 0.1) is 11.1 Å². The van der Waals surface area contributed by atoms with Crippen molar-refractivity contribution in [3.63, 3.8) is 0 Å². The van der Waals surface area contributed by atoms with Crippen molar-refractivity contribution in [3.8, 4) is 17.2 Å². The quantitative estimate of drug-likeness (QED) is 0.526. The van der Waals surface area contributed by atoms with E-state index in [9.17, 15) is 19.8 Å². The van der Waals surface area contributed by atoms with E-state index in [1.54, 1.807) is 6.20 Å². The molecule has 0 aliphatic carbocycles. The zero-order chi connectivity index (χ0) is 17.7. The summed E-state index contributed by atoms with van der Waals surface area (Å²) in [6.07, 6.45) is 3.16. The number of aromatic hydroxyl groups is 2. The van der Waals surface area contributed by atoms with Crippen molar-refractivity contribution in [3.05, 3.63) is 59.5 Å². The van der Waals surface area contributed by atoms with Crippen molar-refractivity contribution in [2.75, 3.05) is 0 Å². The number of nitrogens with zero attached hydrogens (tertiary/aromatic N) is 1. The van der Waals surface area contributed by atoms with Crippen molar-refractivity contribution >= 4 is 28.7 Å². The predicted molar refractivity (Wildman–Crippen MR) is 90.9 cm³/mol. The fourth-order valence-electron chi connectivity index (χ4n) is 2.95. The lowest BCUT2D eigenvalue weighted by Crippen LogP contribution is -2.02. The fourth-order valence-corrected chi connectivity index (χ4v) is 2.95. The molecule has 6 nitrogen and oxygen atoms in total. The number of rotatable bonds is 1. The second-order valence-corrected chi connectivity index (χ2v) is 5.74. The Kier molecular flexibility index (Phi) is 3.15. The zero-order valence-corrected chi connectivity index (χ0v) is 13.2. The Hall–Kier alpha value is -3.54. The summed E-state index contributed by atoms with van der Waals surface area (Å²) in [6, 6.07) is 9.95. The summed E-state index contributed by atoms with van der Waals surface area (Å²) in [5, 5.41) is 20.2. The molecule has 2 N–H and O–H groups in total. The Morgan fingerprint density at radius 3 is 2.68 bits per heavy atom. The minimum Gasteiger partial charge on any atom is -0.504 e. The van der Waals surface area contributed by atoms with Crippen molar-refractivity contribution < 1.29 is 24.5 Å². The average molecular weight is 335 g/mol. The van der Waals surface area contributed by atoms with Gasteiger partial charge >= 0.3 is 0 Å². The third kappa shape index (κ3) is 2.19. The number of Topliss-reactive ketones (excluding diaryl/α,β-unsaturated/α-hetero) is 1. The molecule has 2 aromatic carbocycles. The van der Waals surface area contributed by atoms with Gasteiger partial charge in [-0.2, -0.15) is 0 Å². The number of hydrogen-bond donors (Lipinski definition) is 2. The van der Waals surface area contributed by atoms with Gasteiger partial charge in [-0.25, -0.2) is 0 Å². The molecule has 0 unspecified atom stereocenters. The van der Waals surface area contributed by atoms with Gasteiger partial charge in [-0.1, -0.05) is 18.2 Å². The van der Waals surface area contributed by atoms with E-state index in [-0.39, 0.29) is 28.7 Å². The molecule has 0 spiro atoms. The van der Waals surface area contributed by atoms with E-state index in [1.807, 2.05) is 24.3 Å². The third-order valence-electron chi connectivity index (χ3n) is 4.16. The molecule has 0 fully saturated rings. The molecule has 6 heteroatoms. The van der Waals surface area contributed by atoms with E-state index >= 15 is 0 Å². The van der Waals surface area contributed by atoms with Crippen LogP contribution >= 0.6 is 0 Å². The first-order valence-corrected chi connectivity index (χ1v) is 7.57. The molecule has 124 valence electrons. The van der Waals surface area contributed by atoms with E-state index in [0.29, 0.717) is 5.56 Å². The lowest BCUT2D eigenvalue weighted by Gasteiger charge is -2.02. The smallest absolute Gasteiger partial charge is 0.232 e. The molecule has 4 rings (SSSR count). The Balaban J connectivity index is 1.86. The highest BCUT2D eigenvalue weighted by atomic mass is 16.5. The fraction of sp³-hybridized carbons (Fsp3) is 0.0526. The normalized spacial score (nSPS) is 14.8. The molecular weight excluding hydrogens is 322 g/mol. The van der Waals surface area contributed by atoms with Gasteiger partial charge in [-0.05, 0) is 24.3 Å². The monoisotopic (exact) mass is 335 g/mol. The van der Waals surface area contributed by atoms with Gasteiger partial charge in [0, 0.05) is 24.1 Å². The molecule has 0 bridgehead atoms. The molecular formula is C19H13NO5. The number of ketones is 1. The first-order valence-electron chi connectivity index (χ1n) is 7.57. The molecule has 0 saturated heterocycles. The molecule has 3 aromatic rings. The summed E-state index contributed by atoms with van der Waals surface area (Å²) in [5.41, 5.74) is 1.55. The number of ether oxygens (including phenoxy) is 1. The number of aromatic nitrogens is 1. The maximum absolute atomic E-state index is 12.5. The molecule has 1 aliphatic heterocycles. The first kappa shape index (κ1) is 15.0. The number of carbonyl (C=O) groups excluding carboxylic acids is 2. The summed E-state index contributed by atoms with van der Waals surface area (Å²) < 4.78 is 6.96. The van der Waals surface area contributed by atoms with Crippen LogP contribution in [0.1, 0.15) is 27.6 Å². The van der Waals surface area contributed by atoms with Gasteiger partial charge in [0.25, 0.3) is 0 Å². The van der Waals surface area contributed by atoms with Gasteiger partial charge in [-0.15, -0.1) is 0 Å². The lowest BCUT2D eigenvalue weighted by molar-refractivity contribution is 0.0941. The maximum Gasteiger partial charge on any atom is 0.232 e. The van der Waals surface area contributed by atoms with Gasteiger partial charge in [0.1, 0.15) is 0 Å². The Bertz CT molecular complexity index is 1090. The Morgan fingerprint density at radius 1 is 1.16 bits per heavy atom. The largest absolute Gasteiger partial charge is 0.504 e. The summed E-state index contributed by atoms with van der Waals surface area (Å²) >= 11 is 0. The van der Waals surface area contributed by atoms with Gasteiger partial charge < -0.3 is 14.9 Å². The van der Waals surface area contributed by atoms with E-state index in [0.717, 1.165) is 10.9 Å². The van der Waals surface area contributed by atoms with Crippen LogP contribution in [0.3, 0.4) is 0 Å². The van der Waals surface area contributed by atoms with Crippen molar-refractivity contribution in [2.45, 2.75) is 6.92 Å². The summed E-state index contributed by atoms with van der Waals surface area (Å²) in [7, 11) is 0. The molecule has 0 amide bonds. The maximum atomic E-state index is 12.5. The predicted octanol–water partition coefficient (Wildman–Crippen LogP) is 3.33. The van der Waals surface area contributed by atoms with Crippen molar-refractivity contribution in [2.24, 2.45) is 0 Å². The van der Waals surface area contributed by atoms with Crippen LogP contribution in [0.15, 0.2) is 48.4 Å². The van der Waals surface area contributed by atoms with Crippen LogP contribution in [-0.2, 0) is 0 Å². The SMILES string of the molecule is CC(=O)n1cc(/C=C2\Oc3c(ccc(O)c3O)C2=O)c2ccccc21. The highest BCUT2D eigenvalue weighted by Crippen LogP contribution is 2.44. The minimum absolute atomic E-state index is 0.0161. The highest BCUT2D eigenvalue weighted by molar-refractivity contribution is 6.16. The van der Waals surface area contributed by atoms with Crippen LogP contribution in [0.2, 0.25) is 0 Å². The van der Waals surface area contributed by atoms with E-state index < -0.39 is 11.5 Å². The molecule has 0 saturated carbocycles. The topological polar surface area (TPSA) is 88.8 Å². The van der Waals surface area contributed by atoms with Gasteiger partial charge in [0.2, 0.25) is 17.4 Å². The molecule has 0 radical (unpaired) electrons. The third-order valence-corrected chi connectivity index (χ3v) is 4.16. The highest BCUT2D eigenvalue weighted by Gasteiger charge is 2.31. The Morgan fingerprint density at radius 2 is 1.92 bits per heavy atom. The molecule has 25 heavy (non-hydrogen) atoms. The number of para-hydroxylation sites is 1. The average Bonchev–Trinajstić information content (AvgIpc) is 3.11. The number of allylic oxidation sites excluding steroid dienone is 1. The number of hydrogen-bond acceptors (Lipinski definition) is 5. The first-order chi connectivity index (χ1) is 12.0. The van der Waals surface area contributed by atoms with Crippen molar-refractivity contribution in [1.29, 1.82) is 0 Å². The second-order valence-electron chi connectivity index (χ2n) is 5.74. The number of carbonyl (C=O) groups is 2. The number of phenolic OH excluding ortho intramolecular Hbond substituents is 2. The Labute approximate surface area is 142 Å². The van der Waals surface area contributed by atoms with Crippen molar-refractivity contribution in [1.82, 2.24) is 4.57 Å². The van der Waals surface area contributed by atoms with Crippen LogP contribution in [0.5, 0.6) is 17.2 Å². The minimum atomic E-state index is -0.472. The van der Waals surface area contributed by atoms with E-state index in [1.165, 1.54) is 29.7 Å². The lowest BCUT2D eigenvalue weighted by atomic mass is 10.1. The zero-order valence-electron chi connectivity index (χ0n) is 13.2. The molecule has 1 aliphatic rings. The van der Waals surface area contributed by atoms with E-state index in [2.05, 4.69) is 0 Å². The van der Waals surface area contributed by atoms with Gasteiger partial charge in [-0.3, -0.25) is 14.2 Å². The van der Waals surface area contributed by atoms with Crippen LogP contribution in [0.4, 0.5) is 0 Å². The molecule has 1 aromatic heterocycles. The van der Waals surface area contributed by atoms with Crippen LogP contribution in [-0.4, -0.2) is 26.5 Å². The standard InChI is InChI=1S/C19H13NO5/c1-10(21)20-9-11(12-4-2-3-5-14(12)20)8-16-17(23)13-6-7-15(22)18(24)19(13)25-16/h2-9,22,24H,1H3/b16-8-. The van der Waals surface area contributed by atoms with Crippen LogP contribution in [0.25, 0.3) is 17.0 Å². The number of benzene rings is 2. The summed E-state index contributed by atoms with van der Waals surface area (Å²) in [6.45, 7) is 1.46.